The Morgan fingerprint density at radius 2 is 1.71 bits per heavy atom. The molecule has 2 heterocycles. The van der Waals surface area contributed by atoms with Crippen LogP contribution in [0.25, 0.3) is 22.2 Å². The first-order valence-electron chi connectivity index (χ1n) is 11.9. The molecular weight excluding hydrogens is 442 g/mol. The van der Waals surface area contributed by atoms with Gasteiger partial charge in [0.2, 0.25) is 0 Å². The number of anilines is 3. The molecule has 0 spiro atoms. The van der Waals surface area contributed by atoms with Crippen LogP contribution in [0.5, 0.6) is 0 Å². The molecule has 0 radical (unpaired) electrons. The molecule has 0 unspecified atom stereocenters. The highest BCUT2D eigenvalue weighted by molar-refractivity contribution is 6.29. The lowest BCUT2D eigenvalue weighted by atomic mass is 9.85. The number of rotatable bonds is 4. The quantitative estimate of drug-likeness (QED) is 0.336. The molecule has 1 aliphatic heterocycles. The zero-order chi connectivity index (χ0) is 24.3. The standard InChI is InChI=1S/C28H25N3O4/c1-15-11-16(2)14-31(13-15)22-12-21(29-20-10-6-5-9-19(20)28(33)34)23-24-25(22)30-35-27(24)18-8-4-3-7-17(18)26(23)32/h3-10,12,15-16,29H,11,13-14H2,1-2H3,(H,33,34)/t15-,16+. The number of carbonyl (C=O) groups excluding carboxylic acids is 1. The molecule has 4 aromatic rings. The molecule has 3 aromatic carbocycles. The van der Waals surface area contributed by atoms with Crippen molar-refractivity contribution in [3.8, 4) is 11.3 Å². The molecule has 7 heteroatoms. The molecule has 7 nitrogen and oxygen atoms in total. The van der Waals surface area contributed by atoms with Crippen LogP contribution in [0.2, 0.25) is 0 Å². The fourth-order valence-corrected chi connectivity index (χ4v) is 5.67. The van der Waals surface area contributed by atoms with Gasteiger partial charge < -0.3 is 19.8 Å². The first-order chi connectivity index (χ1) is 16.9. The first-order valence-corrected chi connectivity index (χ1v) is 11.9. The fraction of sp³-hybridized carbons (Fsp3) is 0.250. The minimum Gasteiger partial charge on any atom is -0.478 e. The van der Waals surface area contributed by atoms with Gasteiger partial charge in [0.1, 0.15) is 5.52 Å². The molecule has 176 valence electrons. The SMILES string of the molecule is C[C@@H]1C[C@H](C)CN(c2cc(Nc3ccccc3C(=O)O)c3c4c(onc24)-c2ccccc2C3=O)C1. The van der Waals surface area contributed by atoms with E-state index in [1.54, 1.807) is 30.3 Å². The van der Waals surface area contributed by atoms with Gasteiger partial charge in [0.15, 0.2) is 11.5 Å². The smallest absolute Gasteiger partial charge is 0.337 e. The van der Waals surface area contributed by atoms with Gasteiger partial charge in [-0.2, -0.15) is 0 Å². The third-order valence-corrected chi connectivity index (χ3v) is 7.01. The minimum atomic E-state index is -1.04. The highest BCUT2D eigenvalue weighted by Crippen LogP contribution is 2.47. The van der Waals surface area contributed by atoms with Crippen molar-refractivity contribution in [2.24, 2.45) is 11.8 Å². The van der Waals surface area contributed by atoms with E-state index in [0.717, 1.165) is 30.8 Å². The lowest BCUT2D eigenvalue weighted by molar-refractivity contribution is 0.0698. The summed E-state index contributed by atoms with van der Waals surface area (Å²) in [5.41, 5.74) is 4.38. The van der Waals surface area contributed by atoms with E-state index >= 15 is 0 Å². The maximum absolute atomic E-state index is 13.8. The van der Waals surface area contributed by atoms with Crippen LogP contribution < -0.4 is 10.2 Å². The molecule has 2 aliphatic rings. The van der Waals surface area contributed by atoms with Crippen molar-refractivity contribution in [2.75, 3.05) is 23.3 Å². The van der Waals surface area contributed by atoms with Crippen LogP contribution in [0.3, 0.4) is 0 Å². The van der Waals surface area contributed by atoms with E-state index in [-0.39, 0.29) is 11.3 Å². The Morgan fingerprint density at radius 1 is 1.03 bits per heavy atom. The van der Waals surface area contributed by atoms with E-state index in [0.29, 0.717) is 51.0 Å². The van der Waals surface area contributed by atoms with Crippen molar-refractivity contribution in [3.63, 3.8) is 0 Å². The van der Waals surface area contributed by atoms with Crippen molar-refractivity contribution in [2.45, 2.75) is 20.3 Å². The summed E-state index contributed by atoms with van der Waals surface area (Å²) < 4.78 is 5.87. The second-order valence-corrected chi connectivity index (χ2v) is 9.76. The number of hydrogen-bond acceptors (Lipinski definition) is 6. The largest absolute Gasteiger partial charge is 0.478 e. The van der Waals surface area contributed by atoms with Gasteiger partial charge in [-0.1, -0.05) is 55.4 Å². The fourth-order valence-electron chi connectivity index (χ4n) is 5.67. The summed E-state index contributed by atoms with van der Waals surface area (Å²) in [6.07, 6.45) is 1.16. The molecule has 6 rings (SSSR count). The Labute approximate surface area is 202 Å². The summed E-state index contributed by atoms with van der Waals surface area (Å²) in [6.45, 7) is 6.23. The number of piperidine rings is 1. The Balaban J connectivity index is 1.61. The van der Waals surface area contributed by atoms with Crippen molar-refractivity contribution in [3.05, 3.63) is 71.3 Å². The van der Waals surface area contributed by atoms with Crippen LogP contribution in [-0.2, 0) is 0 Å². The van der Waals surface area contributed by atoms with Gasteiger partial charge in [0.05, 0.1) is 33.6 Å². The molecule has 1 aromatic heterocycles. The van der Waals surface area contributed by atoms with Gasteiger partial charge in [-0.05, 0) is 36.5 Å². The number of nitrogens with zero attached hydrogens (tertiary/aromatic N) is 2. The number of ketones is 1. The maximum atomic E-state index is 13.8. The highest BCUT2D eigenvalue weighted by Gasteiger charge is 2.35. The molecule has 0 bridgehead atoms. The van der Waals surface area contributed by atoms with Crippen LogP contribution in [0.1, 0.15) is 46.5 Å². The van der Waals surface area contributed by atoms with E-state index in [2.05, 4.69) is 29.2 Å². The number of carboxylic acid groups (broad SMARTS) is 1. The zero-order valence-electron chi connectivity index (χ0n) is 19.5. The van der Waals surface area contributed by atoms with Gasteiger partial charge in [-0.25, -0.2) is 4.79 Å². The summed E-state index contributed by atoms with van der Waals surface area (Å²) >= 11 is 0. The second-order valence-electron chi connectivity index (χ2n) is 9.76. The molecule has 2 atom stereocenters. The summed E-state index contributed by atoms with van der Waals surface area (Å²) in [6, 6.07) is 16.0. The van der Waals surface area contributed by atoms with Crippen LogP contribution in [-0.4, -0.2) is 35.1 Å². The first kappa shape index (κ1) is 21.4. The summed E-state index contributed by atoms with van der Waals surface area (Å²) in [7, 11) is 0. The average molecular weight is 468 g/mol. The molecule has 0 amide bonds. The highest BCUT2D eigenvalue weighted by atomic mass is 16.5. The third-order valence-electron chi connectivity index (χ3n) is 7.01. The molecule has 1 fully saturated rings. The predicted octanol–water partition coefficient (Wildman–Crippen LogP) is 5.96. The van der Waals surface area contributed by atoms with E-state index in [9.17, 15) is 14.7 Å². The number of fused-ring (bicyclic) bond motifs is 2. The number of carbonyl (C=O) groups is 2. The lowest BCUT2D eigenvalue weighted by Crippen LogP contribution is -2.39. The molecular formula is C28H25N3O4. The van der Waals surface area contributed by atoms with Gasteiger partial charge in [0.25, 0.3) is 0 Å². The number of para-hydroxylation sites is 1. The Kier molecular flexibility index (Phi) is 4.88. The van der Waals surface area contributed by atoms with Gasteiger partial charge >= 0.3 is 5.97 Å². The number of aromatic carboxylic acids is 1. The van der Waals surface area contributed by atoms with Crippen molar-refractivity contribution in [1.82, 2.24) is 5.16 Å². The van der Waals surface area contributed by atoms with Crippen LogP contribution in [0.15, 0.2) is 59.1 Å². The van der Waals surface area contributed by atoms with Gasteiger partial charge in [0, 0.05) is 24.2 Å². The Bertz CT molecular complexity index is 1500. The van der Waals surface area contributed by atoms with E-state index < -0.39 is 5.97 Å². The number of aromatic nitrogens is 1. The molecule has 0 saturated carbocycles. The van der Waals surface area contributed by atoms with E-state index in [1.165, 1.54) is 0 Å². The molecule has 1 saturated heterocycles. The van der Waals surface area contributed by atoms with Crippen molar-refractivity contribution < 1.29 is 19.2 Å². The van der Waals surface area contributed by atoms with Crippen LogP contribution in [0.4, 0.5) is 17.1 Å². The Morgan fingerprint density at radius 3 is 2.46 bits per heavy atom. The van der Waals surface area contributed by atoms with Crippen LogP contribution in [0, 0.1) is 11.8 Å². The summed E-state index contributed by atoms with van der Waals surface area (Å²) in [5.74, 6) is 0.422. The normalized spacial score (nSPS) is 19.0. The third kappa shape index (κ3) is 3.38. The van der Waals surface area contributed by atoms with E-state index in [1.807, 2.05) is 24.3 Å². The summed E-state index contributed by atoms with van der Waals surface area (Å²) in [5, 5.41) is 18.1. The Hall–Kier alpha value is -4.13. The molecule has 2 N–H and O–H groups in total. The number of nitrogens with one attached hydrogen (secondary N) is 1. The van der Waals surface area contributed by atoms with Crippen LogP contribution >= 0.6 is 0 Å². The zero-order valence-corrected chi connectivity index (χ0v) is 19.5. The second kappa shape index (κ2) is 7.98. The van der Waals surface area contributed by atoms with Crippen molar-refractivity contribution >= 4 is 39.7 Å². The maximum Gasteiger partial charge on any atom is 0.337 e. The predicted molar refractivity (Wildman–Crippen MR) is 135 cm³/mol. The topological polar surface area (TPSA) is 95.7 Å². The number of hydrogen-bond donors (Lipinski definition) is 2. The van der Waals surface area contributed by atoms with Crippen molar-refractivity contribution in [1.29, 1.82) is 0 Å². The summed E-state index contributed by atoms with van der Waals surface area (Å²) in [4.78, 5) is 28.0. The van der Waals surface area contributed by atoms with Gasteiger partial charge in [-0.3, -0.25) is 4.79 Å². The molecule has 1 aliphatic carbocycles. The monoisotopic (exact) mass is 467 g/mol. The molecule has 35 heavy (non-hydrogen) atoms. The minimum absolute atomic E-state index is 0.135. The average Bonchev–Trinajstić information content (AvgIpc) is 3.27. The van der Waals surface area contributed by atoms with Gasteiger partial charge in [-0.15, -0.1) is 0 Å². The number of benzene rings is 3. The van der Waals surface area contributed by atoms with E-state index in [4.69, 9.17) is 4.52 Å². The number of carboxylic acids is 1. The lowest BCUT2D eigenvalue weighted by Gasteiger charge is -2.37.